The number of rotatable bonds is 2. The number of carbonyl (C=O) groups is 1. The summed E-state index contributed by atoms with van der Waals surface area (Å²) in [5, 5.41) is 0. The first kappa shape index (κ1) is 13.3. The second kappa shape index (κ2) is 4.84. The zero-order chi connectivity index (χ0) is 14.0. The lowest BCUT2D eigenvalue weighted by atomic mass is 9.97. The molecule has 0 heterocycles. The molecule has 0 aromatic heterocycles. The summed E-state index contributed by atoms with van der Waals surface area (Å²) in [6, 6.07) is 8.07. The van der Waals surface area contributed by atoms with Crippen LogP contribution in [0, 0.1) is 5.82 Å². The molecule has 2 aromatic rings. The van der Waals surface area contributed by atoms with E-state index in [1.165, 1.54) is 24.3 Å². The van der Waals surface area contributed by atoms with Crippen LogP contribution in [-0.2, 0) is 6.18 Å². The molecule has 0 spiro atoms. The van der Waals surface area contributed by atoms with Crippen molar-refractivity contribution in [2.75, 3.05) is 0 Å². The fraction of sp³-hybridized carbons (Fsp3) is 0.0714. The topological polar surface area (TPSA) is 17.1 Å². The van der Waals surface area contributed by atoms with Gasteiger partial charge < -0.3 is 0 Å². The number of alkyl halides is 3. The summed E-state index contributed by atoms with van der Waals surface area (Å²) in [6.07, 6.45) is -4.27. The molecule has 0 fully saturated rings. The Kier molecular flexibility index (Phi) is 3.38. The summed E-state index contributed by atoms with van der Waals surface area (Å²) in [5.41, 5.74) is -1.07. The average molecular weight is 268 g/mol. The predicted molar refractivity (Wildman–Crippen MR) is 62.2 cm³/mol. The van der Waals surface area contributed by atoms with E-state index in [4.69, 9.17) is 0 Å². The van der Waals surface area contributed by atoms with E-state index in [2.05, 4.69) is 0 Å². The van der Waals surface area contributed by atoms with Gasteiger partial charge in [-0.25, -0.2) is 4.39 Å². The highest BCUT2D eigenvalue weighted by Gasteiger charge is 2.34. The zero-order valence-electron chi connectivity index (χ0n) is 9.54. The number of carbonyl (C=O) groups excluding carboxylic acids is 1. The van der Waals surface area contributed by atoms with Crippen molar-refractivity contribution < 1.29 is 22.4 Å². The standard InChI is InChI=1S/C14H8F4O/c15-11-3-1-2-10(7-11)12-5-4-9(8-19)6-13(12)14(16,17)18/h1-8H. The van der Waals surface area contributed by atoms with E-state index in [0.717, 1.165) is 18.2 Å². The van der Waals surface area contributed by atoms with Gasteiger partial charge in [0, 0.05) is 5.56 Å². The van der Waals surface area contributed by atoms with Gasteiger partial charge in [-0.1, -0.05) is 24.3 Å². The molecule has 0 aliphatic rings. The molecule has 0 amide bonds. The largest absolute Gasteiger partial charge is 0.417 e. The lowest BCUT2D eigenvalue weighted by Gasteiger charge is -2.13. The molecule has 0 bridgehead atoms. The lowest BCUT2D eigenvalue weighted by molar-refractivity contribution is -0.137. The van der Waals surface area contributed by atoms with Crippen molar-refractivity contribution in [3.63, 3.8) is 0 Å². The number of aldehydes is 1. The SMILES string of the molecule is O=Cc1ccc(-c2cccc(F)c2)c(C(F)(F)F)c1. The van der Waals surface area contributed by atoms with Crippen LogP contribution in [-0.4, -0.2) is 6.29 Å². The summed E-state index contributed by atoms with van der Waals surface area (Å²) in [7, 11) is 0. The Labute approximate surface area is 106 Å². The van der Waals surface area contributed by atoms with Crippen molar-refractivity contribution in [3.8, 4) is 11.1 Å². The minimum absolute atomic E-state index is 0.0764. The molecule has 0 radical (unpaired) electrons. The van der Waals surface area contributed by atoms with Crippen LogP contribution in [0.5, 0.6) is 0 Å². The van der Waals surface area contributed by atoms with Gasteiger partial charge in [-0.05, 0) is 29.3 Å². The number of halogens is 4. The van der Waals surface area contributed by atoms with E-state index in [-0.39, 0.29) is 16.7 Å². The van der Waals surface area contributed by atoms with Crippen LogP contribution in [0.3, 0.4) is 0 Å². The van der Waals surface area contributed by atoms with E-state index >= 15 is 0 Å². The average Bonchev–Trinajstić information content (AvgIpc) is 2.37. The van der Waals surface area contributed by atoms with Gasteiger partial charge in [0.2, 0.25) is 0 Å². The van der Waals surface area contributed by atoms with Crippen molar-refractivity contribution in [2.24, 2.45) is 0 Å². The van der Waals surface area contributed by atoms with Crippen LogP contribution < -0.4 is 0 Å². The Hall–Kier alpha value is -2.17. The smallest absolute Gasteiger partial charge is 0.298 e. The van der Waals surface area contributed by atoms with Gasteiger partial charge in [0.15, 0.2) is 0 Å². The first-order valence-electron chi connectivity index (χ1n) is 5.34. The fourth-order valence-electron chi connectivity index (χ4n) is 1.78. The van der Waals surface area contributed by atoms with Gasteiger partial charge in [-0.15, -0.1) is 0 Å². The normalized spacial score (nSPS) is 11.4. The molecular formula is C14H8F4O. The third kappa shape index (κ3) is 2.81. The van der Waals surface area contributed by atoms with E-state index in [1.54, 1.807) is 0 Å². The Morgan fingerprint density at radius 2 is 1.74 bits per heavy atom. The summed E-state index contributed by atoms with van der Waals surface area (Å²) in [4.78, 5) is 10.6. The fourth-order valence-corrected chi connectivity index (χ4v) is 1.78. The molecule has 0 aliphatic carbocycles. The summed E-state index contributed by atoms with van der Waals surface area (Å²) >= 11 is 0. The second-order valence-corrected chi connectivity index (χ2v) is 3.93. The lowest BCUT2D eigenvalue weighted by Crippen LogP contribution is -2.08. The van der Waals surface area contributed by atoms with E-state index in [1.807, 2.05) is 0 Å². The van der Waals surface area contributed by atoms with Crippen molar-refractivity contribution in [2.45, 2.75) is 6.18 Å². The summed E-state index contributed by atoms with van der Waals surface area (Å²) in [5.74, 6) is -0.620. The molecular weight excluding hydrogens is 260 g/mol. The van der Waals surface area contributed by atoms with Crippen LogP contribution >= 0.6 is 0 Å². The Morgan fingerprint density at radius 3 is 2.32 bits per heavy atom. The first-order chi connectivity index (χ1) is 8.91. The number of benzene rings is 2. The Morgan fingerprint density at radius 1 is 1.00 bits per heavy atom. The molecule has 0 atom stereocenters. The maximum Gasteiger partial charge on any atom is 0.417 e. The van der Waals surface area contributed by atoms with Gasteiger partial charge in [-0.2, -0.15) is 13.2 Å². The highest BCUT2D eigenvalue weighted by atomic mass is 19.4. The monoisotopic (exact) mass is 268 g/mol. The van der Waals surface area contributed by atoms with Gasteiger partial charge >= 0.3 is 6.18 Å². The molecule has 2 aromatic carbocycles. The quantitative estimate of drug-likeness (QED) is 0.585. The number of hydrogen-bond acceptors (Lipinski definition) is 1. The maximum absolute atomic E-state index is 13.1. The third-order valence-electron chi connectivity index (χ3n) is 2.62. The molecule has 5 heteroatoms. The molecule has 2 rings (SSSR count). The minimum Gasteiger partial charge on any atom is -0.298 e. The Balaban J connectivity index is 2.66. The van der Waals surface area contributed by atoms with Crippen molar-refractivity contribution in [1.82, 2.24) is 0 Å². The van der Waals surface area contributed by atoms with Gasteiger partial charge in [0.1, 0.15) is 12.1 Å². The van der Waals surface area contributed by atoms with E-state index in [0.29, 0.717) is 6.29 Å². The van der Waals surface area contributed by atoms with Crippen molar-refractivity contribution >= 4 is 6.29 Å². The molecule has 1 nitrogen and oxygen atoms in total. The van der Waals surface area contributed by atoms with E-state index in [9.17, 15) is 22.4 Å². The van der Waals surface area contributed by atoms with Crippen molar-refractivity contribution in [3.05, 3.63) is 59.4 Å². The second-order valence-electron chi connectivity index (χ2n) is 3.93. The predicted octanol–water partition coefficient (Wildman–Crippen LogP) is 4.32. The first-order valence-corrected chi connectivity index (χ1v) is 5.34. The van der Waals surface area contributed by atoms with Crippen molar-refractivity contribution in [1.29, 1.82) is 0 Å². The minimum atomic E-state index is -4.61. The Bertz CT molecular complexity index is 617. The highest BCUT2D eigenvalue weighted by Crippen LogP contribution is 2.37. The zero-order valence-corrected chi connectivity index (χ0v) is 9.54. The molecule has 0 aliphatic heterocycles. The molecule has 98 valence electrons. The molecule has 0 saturated heterocycles. The molecule has 0 saturated carbocycles. The van der Waals surface area contributed by atoms with Gasteiger partial charge in [-0.3, -0.25) is 4.79 Å². The van der Waals surface area contributed by atoms with E-state index < -0.39 is 17.6 Å². The molecule has 0 unspecified atom stereocenters. The van der Waals surface area contributed by atoms with Gasteiger partial charge in [0.25, 0.3) is 0 Å². The van der Waals surface area contributed by atoms with Crippen LogP contribution in [0.2, 0.25) is 0 Å². The highest BCUT2D eigenvalue weighted by molar-refractivity contribution is 5.79. The van der Waals surface area contributed by atoms with Crippen LogP contribution in [0.25, 0.3) is 11.1 Å². The molecule has 19 heavy (non-hydrogen) atoms. The van der Waals surface area contributed by atoms with Crippen LogP contribution in [0.4, 0.5) is 17.6 Å². The van der Waals surface area contributed by atoms with Crippen LogP contribution in [0.15, 0.2) is 42.5 Å². The molecule has 0 N–H and O–H groups in total. The van der Waals surface area contributed by atoms with Gasteiger partial charge in [0.05, 0.1) is 5.56 Å². The number of hydrogen-bond donors (Lipinski definition) is 0. The maximum atomic E-state index is 13.1. The third-order valence-corrected chi connectivity index (χ3v) is 2.62. The summed E-state index contributed by atoms with van der Waals surface area (Å²) in [6.45, 7) is 0. The van der Waals surface area contributed by atoms with Crippen LogP contribution in [0.1, 0.15) is 15.9 Å². The summed E-state index contributed by atoms with van der Waals surface area (Å²) < 4.78 is 51.9.